The lowest BCUT2D eigenvalue weighted by Crippen LogP contribution is -2.05. The number of rotatable bonds is 5. The highest BCUT2D eigenvalue weighted by Crippen LogP contribution is 2.05. The molecule has 0 aromatic heterocycles. The molecule has 1 aromatic rings. The van der Waals surface area contributed by atoms with Crippen LogP contribution in [0.5, 0.6) is 0 Å². The number of aryl methyl sites for hydroxylation is 1. The Kier molecular flexibility index (Phi) is 4.05. The summed E-state index contributed by atoms with van der Waals surface area (Å²) in [6.45, 7) is 5.31. The van der Waals surface area contributed by atoms with Crippen LogP contribution in [-0.2, 0) is 20.7 Å². The topological polar surface area (TPSA) is 43.4 Å². The van der Waals surface area contributed by atoms with Gasteiger partial charge in [-0.05, 0) is 18.9 Å². The van der Waals surface area contributed by atoms with Crippen molar-refractivity contribution in [2.75, 3.05) is 6.61 Å². The highest BCUT2D eigenvalue weighted by molar-refractivity contribution is 7.89. The van der Waals surface area contributed by atoms with Gasteiger partial charge in [-0.3, -0.25) is 4.18 Å². The molecule has 1 aromatic carbocycles. The molecule has 0 atom stereocenters. The minimum atomic E-state index is -3.53. The van der Waals surface area contributed by atoms with Crippen molar-refractivity contribution in [3.8, 4) is 0 Å². The van der Waals surface area contributed by atoms with Gasteiger partial charge in [-0.2, -0.15) is 8.42 Å². The zero-order valence-corrected chi connectivity index (χ0v) is 9.46. The summed E-state index contributed by atoms with van der Waals surface area (Å²) in [5.41, 5.74) is 2.23. The van der Waals surface area contributed by atoms with Gasteiger partial charge in [-0.25, -0.2) is 0 Å². The molecule has 0 aliphatic heterocycles. The Hall–Kier alpha value is -1.13. The molecule has 0 fully saturated rings. The molecule has 0 N–H and O–H groups in total. The summed E-state index contributed by atoms with van der Waals surface area (Å²) in [6, 6.07) is 7.88. The van der Waals surface area contributed by atoms with E-state index in [1.807, 2.05) is 31.2 Å². The molecular weight excluding hydrogens is 212 g/mol. The van der Waals surface area contributed by atoms with Crippen LogP contribution < -0.4 is 0 Å². The molecule has 0 aliphatic rings. The Morgan fingerprint density at radius 3 is 2.47 bits per heavy atom. The van der Waals surface area contributed by atoms with Crippen molar-refractivity contribution in [2.45, 2.75) is 13.3 Å². The maximum Gasteiger partial charge on any atom is 0.289 e. The van der Waals surface area contributed by atoms with Crippen LogP contribution in [0, 0.1) is 6.92 Å². The van der Waals surface area contributed by atoms with E-state index >= 15 is 0 Å². The molecule has 0 radical (unpaired) electrons. The summed E-state index contributed by atoms with van der Waals surface area (Å²) >= 11 is 0. The van der Waals surface area contributed by atoms with Gasteiger partial charge >= 0.3 is 0 Å². The van der Waals surface area contributed by atoms with Gasteiger partial charge < -0.3 is 0 Å². The molecule has 1 rings (SSSR count). The average molecular weight is 226 g/mol. The lowest BCUT2D eigenvalue weighted by molar-refractivity contribution is 0.328. The first kappa shape index (κ1) is 11.9. The van der Waals surface area contributed by atoms with Crippen molar-refractivity contribution in [2.24, 2.45) is 0 Å². The molecule has 0 unspecified atom stereocenters. The first-order valence-electron chi connectivity index (χ1n) is 4.61. The summed E-state index contributed by atoms with van der Waals surface area (Å²) in [5.74, 6) is 0. The van der Waals surface area contributed by atoms with Crippen molar-refractivity contribution < 1.29 is 12.6 Å². The normalized spacial score (nSPS) is 11.3. The molecule has 82 valence electrons. The van der Waals surface area contributed by atoms with E-state index in [9.17, 15) is 8.42 Å². The summed E-state index contributed by atoms with van der Waals surface area (Å²) in [7, 11) is -3.53. The quantitative estimate of drug-likeness (QED) is 0.721. The second kappa shape index (κ2) is 5.09. The van der Waals surface area contributed by atoms with Gasteiger partial charge in [0.1, 0.15) is 0 Å². The predicted molar refractivity (Wildman–Crippen MR) is 60.0 cm³/mol. The molecule has 0 saturated carbocycles. The van der Waals surface area contributed by atoms with Crippen LogP contribution in [0.2, 0.25) is 0 Å². The zero-order chi connectivity index (χ0) is 11.3. The largest absolute Gasteiger partial charge is 0.289 e. The average Bonchev–Trinajstić information content (AvgIpc) is 2.21. The second-order valence-electron chi connectivity index (χ2n) is 3.22. The van der Waals surface area contributed by atoms with E-state index in [-0.39, 0.29) is 6.61 Å². The SMILES string of the molecule is C=CS(=O)(=O)OCCc1ccc(C)cc1. The lowest BCUT2D eigenvalue weighted by atomic mass is 10.1. The fourth-order valence-electron chi connectivity index (χ4n) is 1.08. The molecule has 0 amide bonds. The van der Waals surface area contributed by atoms with E-state index in [0.717, 1.165) is 11.0 Å². The van der Waals surface area contributed by atoms with Crippen molar-refractivity contribution in [1.82, 2.24) is 0 Å². The van der Waals surface area contributed by atoms with E-state index in [1.165, 1.54) is 5.56 Å². The molecule has 0 aliphatic carbocycles. The van der Waals surface area contributed by atoms with Gasteiger partial charge in [0.05, 0.1) is 12.0 Å². The summed E-state index contributed by atoms with van der Waals surface area (Å²) < 4.78 is 26.5. The van der Waals surface area contributed by atoms with Crippen LogP contribution in [0.4, 0.5) is 0 Å². The van der Waals surface area contributed by atoms with Crippen molar-refractivity contribution >= 4 is 10.1 Å². The van der Waals surface area contributed by atoms with Gasteiger partial charge in [0.2, 0.25) is 0 Å². The van der Waals surface area contributed by atoms with Gasteiger partial charge in [0.25, 0.3) is 10.1 Å². The third kappa shape index (κ3) is 4.27. The molecule has 0 spiro atoms. The Labute approximate surface area is 90.5 Å². The van der Waals surface area contributed by atoms with Crippen LogP contribution in [0.3, 0.4) is 0 Å². The van der Waals surface area contributed by atoms with Crippen LogP contribution in [0.25, 0.3) is 0 Å². The summed E-state index contributed by atoms with van der Waals surface area (Å²) in [6.07, 6.45) is 0.577. The first-order valence-corrected chi connectivity index (χ1v) is 6.08. The Morgan fingerprint density at radius 2 is 1.93 bits per heavy atom. The predicted octanol–water partition coefficient (Wildman–Crippen LogP) is 2.03. The number of benzene rings is 1. The smallest absolute Gasteiger partial charge is 0.266 e. The third-order valence-electron chi connectivity index (χ3n) is 1.96. The standard InChI is InChI=1S/C11H14O3S/c1-3-15(12,13)14-9-8-11-6-4-10(2)5-7-11/h3-7H,1,8-9H2,2H3. The van der Waals surface area contributed by atoms with Crippen LogP contribution in [0.1, 0.15) is 11.1 Å². The van der Waals surface area contributed by atoms with Gasteiger partial charge in [0, 0.05) is 0 Å². The van der Waals surface area contributed by atoms with Crippen LogP contribution in [-0.4, -0.2) is 15.0 Å². The second-order valence-corrected chi connectivity index (χ2v) is 4.77. The molecule has 3 nitrogen and oxygen atoms in total. The van der Waals surface area contributed by atoms with E-state index in [0.29, 0.717) is 6.42 Å². The molecule has 0 heterocycles. The number of hydrogen-bond acceptors (Lipinski definition) is 3. The fourth-order valence-corrected chi connectivity index (χ4v) is 1.49. The van der Waals surface area contributed by atoms with Gasteiger partial charge in [-0.15, -0.1) is 0 Å². The Balaban J connectivity index is 2.45. The first-order chi connectivity index (χ1) is 7.03. The molecule has 0 bridgehead atoms. The monoisotopic (exact) mass is 226 g/mol. The van der Waals surface area contributed by atoms with Gasteiger partial charge in [0.15, 0.2) is 0 Å². The molecular formula is C11H14O3S. The minimum Gasteiger partial charge on any atom is -0.266 e. The van der Waals surface area contributed by atoms with E-state index in [1.54, 1.807) is 0 Å². The fraction of sp³-hybridized carbons (Fsp3) is 0.273. The molecule has 15 heavy (non-hydrogen) atoms. The van der Waals surface area contributed by atoms with E-state index < -0.39 is 10.1 Å². The lowest BCUT2D eigenvalue weighted by Gasteiger charge is -2.02. The Bertz CT molecular complexity index is 418. The minimum absolute atomic E-state index is 0.150. The highest BCUT2D eigenvalue weighted by Gasteiger charge is 2.03. The molecule has 4 heteroatoms. The zero-order valence-electron chi connectivity index (χ0n) is 8.64. The van der Waals surface area contributed by atoms with E-state index in [4.69, 9.17) is 0 Å². The van der Waals surface area contributed by atoms with Gasteiger partial charge in [-0.1, -0.05) is 36.4 Å². The van der Waals surface area contributed by atoms with Crippen molar-refractivity contribution in [3.05, 3.63) is 47.4 Å². The van der Waals surface area contributed by atoms with E-state index in [2.05, 4.69) is 10.8 Å². The number of hydrogen-bond donors (Lipinski definition) is 0. The van der Waals surface area contributed by atoms with Crippen LogP contribution >= 0.6 is 0 Å². The maximum absolute atomic E-state index is 10.9. The van der Waals surface area contributed by atoms with Crippen LogP contribution in [0.15, 0.2) is 36.3 Å². The summed E-state index contributed by atoms with van der Waals surface area (Å²) in [5, 5.41) is 0.808. The maximum atomic E-state index is 10.9. The van der Waals surface area contributed by atoms with Crippen molar-refractivity contribution in [1.29, 1.82) is 0 Å². The molecule has 0 saturated heterocycles. The summed E-state index contributed by atoms with van der Waals surface area (Å²) in [4.78, 5) is 0. The van der Waals surface area contributed by atoms with Crippen molar-refractivity contribution in [3.63, 3.8) is 0 Å². The highest BCUT2D eigenvalue weighted by atomic mass is 32.2. The Morgan fingerprint density at radius 1 is 1.33 bits per heavy atom. The third-order valence-corrected chi connectivity index (χ3v) is 2.87.